The molecule has 3 N–H and O–H groups in total. The highest BCUT2D eigenvalue weighted by Crippen LogP contribution is 2.54. The number of hydrogen-bond donors (Lipinski definition) is 3. The van der Waals surface area contributed by atoms with Gasteiger partial charge in [0.1, 0.15) is 5.52 Å². The summed E-state index contributed by atoms with van der Waals surface area (Å²) in [6.45, 7) is 0. The van der Waals surface area contributed by atoms with E-state index in [2.05, 4.69) is 20.6 Å². The minimum absolute atomic E-state index is 0.493. The molecular weight excluding hydrogens is 348 g/mol. The summed E-state index contributed by atoms with van der Waals surface area (Å²) in [5, 5.41) is 7.51. The average Bonchev–Trinajstić information content (AvgIpc) is 3.01. The number of anilines is 2. The van der Waals surface area contributed by atoms with Crippen molar-refractivity contribution in [2.75, 3.05) is 10.6 Å². The summed E-state index contributed by atoms with van der Waals surface area (Å²) in [6, 6.07) is 1.06. The number of rotatable bonds is 4. The number of fused-ring (bicyclic) bond motifs is 1. The molecule has 4 bridgehead atoms. The van der Waals surface area contributed by atoms with Crippen LogP contribution in [-0.4, -0.2) is 32.0 Å². The van der Waals surface area contributed by atoms with Gasteiger partial charge in [0.25, 0.3) is 0 Å². The highest BCUT2D eigenvalue weighted by molar-refractivity contribution is 5.83. The summed E-state index contributed by atoms with van der Waals surface area (Å²) < 4.78 is 0. The maximum Gasteiger partial charge on any atom is 0.227 e. The van der Waals surface area contributed by atoms with Crippen LogP contribution in [0.1, 0.15) is 70.6 Å². The van der Waals surface area contributed by atoms with Crippen molar-refractivity contribution in [3.63, 3.8) is 0 Å². The predicted octanol–water partition coefficient (Wildman–Crippen LogP) is 4.72. The first kappa shape index (κ1) is 17.0. The van der Waals surface area contributed by atoms with E-state index < -0.39 is 0 Å². The molecule has 28 heavy (non-hydrogen) atoms. The fraction of sp³-hybridized carbons (Fsp3) is 0.773. The molecule has 7 rings (SSSR count). The molecule has 6 nitrogen and oxygen atoms in total. The molecule has 0 aliphatic heterocycles. The van der Waals surface area contributed by atoms with E-state index in [1.807, 2.05) is 0 Å². The molecule has 6 heteroatoms. The number of H-pyrrole nitrogens is 1. The molecule has 2 heterocycles. The van der Waals surface area contributed by atoms with Crippen LogP contribution >= 0.6 is 0 Å². The first-order valence-electron chi connectivity index (χ1n) is 11.6. The molecule has 0 spiro atoms. The van der Waals surface area contributed by atoms with Crippen LogP contribution in [0.15, 0.2) is 6.33 Å². The summed E-state index contributed by atoms with van der Waals surface area (Å²) in [7, 11) is 0. The summed E-state index contributed by atoms with van der Waals surface area (Å²) in [5.41, 5.74) is 1.73. The lowest BCUT2D eigenvalue weighted by Crippen LogP contribution is -2.51. The monoisotopic (exact) mass is 380 g/mol. The van der Waals surface area contributed by atoms with Crippen molar-refractivity contribution < 1.29 is 0 Å². The lowest BCUT2D eigenvalue weighted by Gasteiger charge is -2.54. The van der Waals surface area contributed by atoms with Crippen LogP contribution in [0, 0.1) is 23.7 Å². The highest BCUT2D eigenvalue weighted by atomic mass is 15.2. The zero-order chi connectivity index (χ0) is 18.5. The predicted molar refractivity (Wildman–Crippen MR) is 111 cm³/mol. The first-order chi connectivity index (χ1) is 13.8. The second-order valence-corrected chi connectivity index (χ2v) is 9.93. The molecule has 0 saturated heterocycles. The van der Waals surface area contributed by atoms with Gasteiger partial charge in [-0.05, 0) is 68.6 Å². The molecule has 5 aliphatic rings. The van der Waals surface area contributed by atoms with Crippen LogP contribution in [-0.2, 0) is 0 Å². The van der Waals surface area contributed by atoms with Gasteiger partial charge in [0.2, 0.25) is 5.95 Å². The maximum atomic E-state index is 4.94. The van der Waals surface area contributed by atoms with Crippen LogP contribution < -0.4 is 10.6 Å². The van der Waals surface area contributed by atoms with Gasteiger partial charge in [0, 0.05) is 12.1 Å². The minimum Gasteiger partial charge on any atom is -0.365 e. The largest absolute Gasteiger partial charge is 0.365 e. The summed E-state index contributed by atoms with van der Waals surface area (Å²) in [4.78, 5) is 17.4. The number of nitrogens with zero attached hydrogens (tertiary/aromatic N) is 3. The van der Waals surface area contributed by atoms with Gasteiger partial charge in [0.15, 0.2) is 11.5 Å². The van der Waals surface area contributed by atoms with E-state index in [0.29, 0.717) is 12.1 Å². The van der Waals surface area contributed by atoms with Crippen LogP contribution in [0.25, 0.3) is 11.2 Å². The maximum absolute atomic E-state index is 4.94. The van der Waals surface area contributed by atoms with Gasteiger partial charge in [0.05, 0.1) is 6.33 Å². The Kier molecular flexibility index (Phi) is 4.19. The van der Waals surface area contributed by atoms with Gasteiger partial charge in [-0.1, -0.05) is 25.7 Å². The average molecular weight is 381 g/mol. The third-order valence-electron chi connectivity index (χ3n) is 8.00. The van der Waals surface area contributed by atoms with Crippen LogP contribution in [0.5, 0.6) is 0 Å². The lowest BCUT2D eigenvalue weighted by atomic mass is 9.54. The third kappa shape index (κ3) is 3.05. The van der Waals surface area contributed by atoms with Crippen molar-refractivity contribution in [3.8, 4) is 0 Å². The molecule has 0 atom stereocenters. The second-order valence-electron chi connectivity index (χ2n) is 9.93. The zero-order valence-electron chi connectivity index (χ0n) is 16.7. The van der Waals surface area contributed by atoms with Gasteiger partial charge < -0.3 is 15.6 Å². The van der Waals surface area contributed by atoms with E-state index in [0.717, 1.165) is 46.6 Å². The van der Waals surface area contributed by atoms with Crippen molar-refractivity contribution in [2.24, 2.45) is 23.7 Å². The van der Waals surface area contributed by atoms with E-state index in [1.54, 1.807) is 6.33 Å². The van der Waals surface area contributed by atoms with Gasteiger partial charge in [-0.25, -0.2) is 4.98 Å². The van der Waals surface area contributed by atoms with Crippen molar-refractivity contribution in [2.45, 2.75) is 82.7 Å². The zero-order valence-corrected chi connectivity index (χ0v) is 16.7. The molecule has 5 saturated carbocycles. The van der Waals surface area contributed by atoms with E-state index in [9.17, 15) is 0 Å². The molecule has 0 unspecified atom stereocenters. The van der Waals surface area contributed by atoms with Crippen LogP contribution in [0.4, 0.5) is 11.8 Å². The van der Waals surface area contributed by atoms with Gasteiger partial charge in [-0.2, -0.15) is 9.97 Å². The van der Waals surface area contributed by atoms with Crippen molar-refractivity contribution >= 4 is 22.9 Å². The fourth-order valence-corrected chi connectivity index (χ4v) is 6.93. The molecule has 0 aromatic carbocycles. The van der Waals surface area contributed by atoms with Crippen LogP contribution in [0.2, 0.25) is 0 Å². The highest BCUT2D eigenvalue weighted by Gasteiger charge is 2.48. The van der Waals surface area contributed by atoms with Gasteiger partial charge in [-0.15, -0.1) is 0 Å². The Morgan fingerprint density at radius 2 is 1.54 bits per heavy atom. The van der Waals surface area contributed by atoms with Crippen molar-refractivity contribution in [3.05, 3.63) is 6.33 Å². The lowest BCUT2D eigenvalue weighted by molar-refractivity contribution is 0.00746. The molecule has 0 radical (unpaired) electrons. The SMILES string of the molecule is c1nc2nc(NC3CCCCCC3)nc(NC3C4CC5CC(C4)CC3C5)c2[nH]1. The van der Waals surface area contributed by atoms with E-state index in [4.69, 9.17) is 9.97 Å². The van der Waals surface area contributed by atoms with E-state index in [-0.39, 0.29) is 0 Å². The van der Waals surface area contributed by atoms with Crippen LogP contribution in [0.3, 0.4) is 0 Å². The Hall–Kier alpha value is -1.85. The molecular formula is C22H32N6. The topological polar surface area (TPSA) is 78.5 Å². The van der Waals surface area contributed by atoms with Crippen molar-refractivity contribution in [1.82, 2.24) is 19.9 Å². The third-order valence-corrected chi connectivity index (χ3v) is 8.00. The Morgan fingerprint density at radius 3 is 2.25 bits per heavy atom. The Morgan fingerprint density at radius 1 is 0.821 bits per heavy atom. The standard InChI is InChI=1S/C22H32N6/c1-2-4-6-17(5-3-1)25-22-27-20-19(23-12-24-20)21(28-22)26-18-15-8-13-7-14(10-15)11-16(18)9-13/h12-18H,1-11H2,(H3,23,24,25,26,27,28). The number of aromatic nitrogens is 4. The Bertz CT molecular complexity index is 809. The number of aromatic amines is 1. The van der Waals surface area contributed by atoms with Crippen molar-refractivity contribution in [1.29, 1.82) is 0 Å². The second kappa shape index (κ2) is 6.89. The fourth-order valence-electron chi connectivity index (χ4n) is 6.93. The smallest absolute Gasteiger partial charge is 0.227 e. The van der Waals surface area contributed by atoms with Gasteiger partial charge in [-0.3, -0.25) is 0 Å². The summed E-state index contributed by atoms with van der Waals surface area (Å²) >= 11 is 0. The minimum atomic E-state index is 0.493. The quantitative estimate of drug-likeness (QED) is 0.669. The molecule has 2 aromatic rings. The number of imidazole rings is 1. The molecule has 5 aliphatic carbocycles. The molecule has 150 valence electrons. The number of hydrogen-bond acceptors (Lipinski definition) is 5. The Labute approximate surface area is 166 Å². The first-order valence-corrected chi connectivity index (χ1v) is 11.6. The van der Waals surface area contributed by atoms with E-state index in [1.165, 1.54) is 70.6 Å². The molecule has 5 fully saturated rings. The van der Waals surface area contributed by atoms with Gasteiger partial charge >= 0.3 is 0 Å². The van der Waals surface area contributed by atoms with E-state index >= 15 is 0 Å². The number of nitrogens with one attached hydrogen (secondary N) is 3. The summed E-state index contributed by atoms with van der Waals surface area (Å²) in [5.74, 6) is 5.33. The molecule has 2 aromatic heterocycles. The molecule has 0 amide bonds. The summed E-state index contributed by atoms with van der Waals surface area (Å²) in [6.07, 6.45) is 16.7. The Balaban J connectivity index is 1.27. The normalized spacial score (nSPS) is 35.2.